The minimum atomic E-state index is -0.864. The lowest BCUT2D eigenvalue weighted by Gasteiger charge is -2.35. The van der Waals surface area contributed by atoms with Crippen LogP contribution in [0.15, 0.2) is 96.2 Å². The van der Waals surface area contributed by atoms with Crippen LogP contribution in [0.1, 0.15) is 23.1 Å². The van der Waals surface area contributed by atoms with Gasteiger partial charge in [0.25, 0.3) is 5.91 Å². The van der Waals surface area contributed by atoms with Crippen LogP contribution in [0.3, 0.4) is 0 Å². The summed E-state index contributed by atoms with van der Waals surface area (Å²) in [5.74, 6) is -0.418. The second kappa shape index (κ2) is 8.90. The number of carbonyl (C=O) groups is 2. The molecule has 2 aliphatic heterocycles. The molecule has 3 aromatic carbocycles. The fraction of sp³-hybridized carbons (Fsp3) is 0.222. The molecule has 2 amide bonds. The molecule has 0 N–H and O–H groups in total. The molecular weight excluding hydrogens is 416 g/mol. The van der Waals surface area contributed by atoms with Crippen molar-refractivity contribution < 1.29 is 19.2 Å². The minimum absolute atomic E-state index is 0.125. The number of oxime groups is 1. The number of carbonyl (C=O) groups excluding carboxylic acids is 2. The number of hydrogen-bond acceptors (Lipinski definition) is 5. The number of nitrogens with zero attached hydrogens (tertiary/aromatic N) is 2. The molecule has 0 radical (unpaired) electrons. The molecule has 1 saturated heterocycles. The Kier molecular flexibility index (Phi) is 5.65. The zero-order valence-corrected chi connectivity index (χ0v) is 18.1. The molecule has 0 aromatic heterocycles. The number of hydrogen-bond donors (Lipinski definition) is 0. The normalized spacial score (nSPS) is 19.0. The molecule has 33 heavy (non-hydrogen) atoms. The van der Waals surface area contributed by atoms with E-state index in [1.165, 1.54) is 4.90 Å². The lowest BCUT2D eigenvalue weighted by Crippen LogP contribution is -2.56. The third-order valence-corrected chi connectivity index (χ3v) is 6.14. The van der Waals surface area contributed by atoms with E-state index in [0.29, 0.717) is 25.0 Å². The average molecular weight is 440 g/mol. The van der Waals surface area contributed by atoms with Crippen molar-refractivity contribution in [2.75, 3.05) is 6.61 Å². The molecule has 1 fully saturated rings. The van der Waals surface area contributed by atoms with E-state index in [0.717, 1.165) is 16.7 Å². The summed E-state index contributed by atoms with van der Waals surface area (Å²) < 4.78 is 5.49. The van der Waals surface area contributed by atoms with Crippen molar-refractivity contribution in [3.05, 3.63) is 108 Å². The van der Waals surface area contributed by atoms with Gasteiger partial charge in [0.05, 0.1) is 11.3 Å². The topological polar surface area (TPSA) is 68.2 Å². The first-order chi connectivity index (χ1) is 16.1. The number of cyclic esters (lactones) is 1. The van der Waals surface area contributed by atoms with Gasteiger partial charge >= 0.3 is 6.09 Å². The largest absolute Gasteiger partial charge is 0.447 e. The van der Waals surface area contributed by atoms with E-state index in [1.807, 2.05) is 91.0 Å². The lowest BCUT2D eigenvalue weighted by molar-refractivity contribution is -0.142. The number of rotatable bonds is 6. The summed E-state index contributed by atoms with van der Waals surface area (Å²) in [6, 6.07) is 29.3. The minimum Gasteiger partial charge on any atom is -0.447 e. The maximum atomic E-state index is 13.7. The van der Waals surface area contributed by atoms with E-state index in [1.54, 1.807) is 0 Å². The predicted octanol–water partition coefficient (Wildman–Crippen LogP) is 4.38. The number of benzene rings is 3. The Hall–Kier alpha value is -3.93. The third-order valence-electron chi connectivity index (χ3n) is 6.14. The molecule has 1 atom stereocenters. The summed E-state index contributed by atoms with van der Waals surface area (Å²) in [5.41, 5.74) is 2.79. The fourth-order valence-corrected chi connectivity index (χ4v) is 4.57. The summed E-state index contributed by atoms with van der Waals surface area (Å²) in [6.45, 7) is 0.125. The third kappa shape index (κ3) is 4.24. The Bertz CT molecular complexity index is 1120. The highest BCUT2D eigenvalue weighted by molar-refractivity contribution is 6.06. The van der Waals surface area contributed by atoms with Gasteiger partial charge in [0, 0.05) is 6.42 Å². The van der Waals surface area contributed by atoms with E-state index in [9.17, 15) is 9.59 Å². The molecule has 0 saturated carbocycles. The van der Waals surface area contributed by atoms with Gasteiger partial charge in [0.1, 0.15) is 6.61 Å². The molecule has 6 heteroatoms. The second-order valence-corrected chi connectivity index (χ2v) is 8.48. The van der Waals surface area contributed by atoms with Crippen LogP contribution < -0.4 is 0 Å². The molecular formula is C27H24N2O4. The quantitative estimate of drug-likeness (QED) is 0.570. The van der Waals surface area contributed by atoms with E-state index in [-0.39, 0.29) is 6.61 Å². The number of amides is 2. The summed E-state index contributed by atoms with van der Waals surface area (Å²) in [6.07, 6.45) is -0.224. The monoisotopic (exact) mass is 440 g/mol. The van der Waals surface area contributed by atoms with Crippen LogP contribution in [-0.4, -0.2) is 40.9 Å². The summed E-state index contributed by atoms with van der Waals surface area (Å²) in [7, 11) is 0. The number of imide groups is 1. The van der Waals surface area contributed by atoms with Crippen molar-refractivity contribution in [2.45, 2.75) is 30.9 Å². The molecule has 3 aromatic rings. The van der Waals surface area contributed by atoms with E-state index >= 15 is 0 Å². The Labute approximate surface area is 192 Å². The van der Waals surface area contributed by atoms with E-state index in [4.69, 9.17) is 9.57 Å². The highest BCUT2D eigenvalue weighted by atomic mass is 16.6. The fourth-order valence-electron chi connectivity index (χ4n) is 4.57. The maximum Gasteiger partial charge on any atom is 0.417 e. The van der Waals surface area contributed by atoms with Gasteiger partial charge in [-0.25, -0.2) is 9.69 Å². The lowest BCUT2D eigenvalue weighted by atomic mass is 9.84. The Balaban J connectivity index is 1.44. The first-order valence-corrected chi connectivity index (χ1v) is 11.0. The van der Waals surface area contributed by atoms with Gasteiger partial charge in [-0.3, -0.25) is 4.79 Å². The van der Waals surface area contributed by atoms with Crippen LogP contribution in [0.2, 0.25) is 0 Å². The van der Waals surface area contributed by atoms with Crippen molar-refractivity contribution in [1.29, 1.82) is 0 Å². The van der Waals surface area contributed by atoms with Crippen molar-refractivity contribution >= 4 is 17.7 Å². The van der Waals surface area contributed by atoms with Crippen LogP contribution in [-0.2, 0) is 27.2 Å². The predicted molar refractivity (Wildman–Crippen MR) is 124 cm³/mol. The molecule has 166 valence electrons. The van der Waals surface area contributed by atoms with Gasteiger partial charge in [-0.1, -0.05) is 96.2 Å². The van der Waals surface area contributed by atoms with Gasteiger partial charge in [-0.05, 0) is 29.5 Å². The first-order valence-electron chi connectivity index (χ1n) is 11.0. The molecule has 0 aliphatic carbocycles. The average Bonchev–Trinajstić information content (AvgIpc) is 3.46. The van der Waals surface area contributed by atoms with Crippen molar-refractivity contribution in [3.8, 4) is 0 Å². The van der Waals surface area contributed by atoms with Crippen molar-refractivity contribution in [1.82, 2.24) is 4.90 Å². The van der Waals surface area contributed by atoms with Crippen molar-refractivity contribution in [3.63, 3.8) is 0 Å². The van der Waals surface area contributed by atoms with Gasteiger partial charge in [-0.2, -0.15) is 0 Å². The Morgan fingerprint density at radius 1 is 0.879 bits per heavy atom. The van der Waals surface area contributed by atoms with Gasteiger partial charge in [0.2, 0.25) is 6.10 Å². The Morgan fingerprint density at radius 3 is 2.00 bits per heavy atom. The number of ether oxygens (including phenoxy) is 1. The van der Waals surface area contributed by atoms with E-state index in [2.05, 4.69) is 5.16 Å². The van der Waals surface area contributed by atoms with E-state index < -0.39 is 23.6 Å². The van der Waals surface area contributed by atoms with Crippen LogP contribution in [0.25, 0.3) is 0 Å². The second-order valence-electron chi connectivity index (χ2n) is 8.48. The molecule has 2 heterocycles. The summed E-state index contributed by atoms with van der Waals surface area (Å²) >= 11 is 0. The van der Waals surface area contributed by atoms with Gasteiger partial charge in [-0.15, -0.1) is 0 Å². The highest BCUT2D eigenvalue weighted by Gasteiger charge is 2.53. The summed E-state index contributed by atoms with van der Waals surface area (Å²) in [5, 5.41) is 4.14. The first kappa shape index (κ1) is 20.9. The van der Waals surface area contributed by atoms with Crippen molar-refractivity contribution in [2.24, 2.45) is 5.16 Å². The highest BCUT2D eigenvalue weighted by Crippen LogP contribution is 2.34. The molecule has 2 aliphatic rings. The zero-order valence-electron chi connectivity index (χ0n) is 18.1. The standard InChI is InChI=1S/C27H24N2O4/c30-25(24-16-23(28-33-24)22-14-8-3-9-15-22)29-26(31)32-19-27(29,17-20-10-4-1-5-11-20)18-21-12-6-2-7-13-21/h1-15,24H,16-19H2. The Morgan fingerprint density at radius 2 is 1.42 bits per heavy atom. The van der Waals surface area contributed by atoms with Crippen LogP contribution in [0.5, 0.6) is 0 Å². The summed E-state index contributed by atoms with van der Waals surface area (Å²) in [4.78, 5) is 33.4. The molecule has 5 rings (SSSR count). The van der Waals surface area contributed by atoms with Gasteiger partial charge < -0.3 is 9.57 Å². The van der Waals surface area contributed by atoms with Gasteiger partial charge in [0.15, 0.2) is 0 Å². The molecule has 0 bridgehead atoms. The smallest absolute Gasteiger partial charge is 0.417 e. The van der Waals surface area contributed by atoms with Crippen LogP contribution >= 0.6 is 0 Å². The zero-order chi connectivity index (χ0) is 22.7. The van der Waals surface area contributed by atoms with Crippen LogP contribution in [0, 0.1) is 0 Å². The molecule has 6 nitrogen and oxygen atoms in total. The van der Waals surface area contributed by atoms with Crippen LogP contribution in [0.4, 0.5) is 4.79 Å². The SMILES string of the molecule is O=C1OCC(Cc2ccccc2)(Cc2ccccc2)N1C(=O)C1CC(c2ccccc2)=NO1. The molecule has 1 unspecified atom stereocenters. The maximum absolute atomic E-state index is 13.7. The molecule has 0 spiro atoms.